The van der Waals surface area contributed by atoms with Gasteiger partial charge >= 0.3 is 0 Å². The Balaban J connectivity index is 4.15. The first-order valence-corrected chi connectivity index (χ1v) is 6.64. The first kappa shape index (κ1) is 13.9. The second-order valence-corrected chi connectivity index (χ2v) is 4.43. The molecule has 0 rings (SSSR count). The van der Waals surface area contributed by atoms with Gasteiger partial charge in [-0.3, -0.25) is 4.79 Å². The number of alkyl halides is 1. The molecule has 0 bridgehead atoms. The fourth-order valence-corrected chi connectivity index (χ4v) is 1.70. The van der Waals surface area contributed by atoms with E-state index < -0.39 is 0 Å². The SMILES string of the molecule is CCCCN(C(=O)CCBr)C(C)CC. The molecule has 14 heavy (non-hydrogen) atoms. The van der Waals surface area contributed by atoms with Crippen LogP contribution in [0.1, 0.15) is 46.5 Å². The summed E-state index contributed by atoms with van der Waals surface area (Å²) in [6.07, 6.45) is 3.92. The Hall–Kier alpha value is -0.0500. The van der Waals surface area contributed by atoms with Crippen molar-refractivity contribution in [1.82, 2.24) is 4.90 Å². The number of rotatable bonds is 7. The molecule has 84 valence electrons. The Kier molecular flexibility index (Phi) is 8.24. The molecule has 1 atom stereocenters. The number of amides is 1. The largest absolute Gasteiger partial charge is 0.340 e. The average Bonchev–Trinajstić information content (AvgIpc) is 2.18. The molecule has 0 aromatic heterocycles. The van der Waals surface area contributed by atoms with Crippen molar-refractivity contribution >= 4 is 21.8 Å². The Morgan fingerprint density at radius 3 is 2.50 bits per heavy atom. The summed E-state index contributed by atoms with van der Waals surface area (Å²) < 4.78 is 0. The molecule has 0 radical (unpaired) electrons. The quantitative estimate of drug-likeness (QED) is 0.647. The van der Waals surface area contributed by atoms with Gasteiger partial charge in [0.2, 0.25) is 5.91 Å². The molecule has 0 heterocycles. The number of hydrogen-bond donors (Lipinski definition) is 0. The van der Waals surface area contributed by atoms with E-state index in [0.717, 1.165) is 31.1 Å². The molecule has 0 aliphatic heterocycles. The van der Waals surface area contributed by atoms with E-state index in [1.165, 1.54) is 0 Å². The molecule has 0 spiro atoms. The number of unbranched alkanes of at least 4 members (excludes halogenated alkanes) is 1. The molecule has 0 fully saturated rings. The summed E-state index contributed by atoms with van der Waals surface area (Å²) >= 11 is 3.31. The van der Waals surface area contributed by atoms with Crippen molar-refractivity contribution in [3.05, 3.63) is 0 Å². The van der Waals surface area contributed by atoms with E-state index in [2.05, 4.69) is 36.7 Å². The second-order valence-electron chi connectivity index (χ2n) is 3.64. The van der Waals surface area contributed by atoms with E-state index >= 15 is 0 Å². The zero-order valence-electron chi connectivity index (χ0n) is 9.55. The number of carbonyl (C=O) groups is 1. The van der Waals surface area contributed by atoms with Crippen LogP contribution < -0.4 is 0 Å². The van der Waals surface area contributed by atoms with E-state index in [-0.39, 0.29) is 5.91 Å². The predicted octanol–water partition coefficient (Wildman–Crippen LogP) is 3.20. The fourth-order valence-electron chi connectivity index (χ4n) is 1.36. The molecule has 0 saturated carbocycles. The first-order chi connectivity index (χ1) is 6.67. The van der Waals surface area contributed by atoms with Gasteiger partial charge in [-0.1, -0.05) is 36.2 Å². The topological polar surface area (TPSA) is 20.3 Å². The van der Waals surface area contributed by atoms with Gasteiger partial charge in [-0.05, 0) is 19.8 Å². The van der Waals surface area contributed by atoms with E-state index in [4.69, 9.17) is 0 Å². The van der Waals surface area contributed by atoms with Crippen LogP contribution in [0.4, 0.5) is 0 Å². The van der Waals surface area contributed by atoms with Crippen molar-refractivity contribution in [2.75, 3.05) is 11.9 Å². The van der Waals surface area contributed by atoms with Crippen molar-refractivity contribution < 1.29 is 4.79 Å². The van der Waals surface area contributed by atoms with Gasteiger partial charge in [0.1, 0.15) is 0 Å². The molecule has 3 heteroatoms. The summed E-state index contributed by atoms with van der Waals surface area (Å²) in [6, 6.07) is 0.382. The predicted molar refractivity (Wildman–Crippen MR) is 64.8 cm³/mol. The normalized spacial score (nSPS) is 12.6. The summed E-state index contributed by atoms with van der Waals surface area (Å²) in [5, 5.41) is 0.769. The molecule has 1 unspecified atom stereocenters. The summed E-state index contributed by atoms with van der Waals surface area (Å²) in [4.78, 5) is 13.8. The lowest BCUT2D eigenvalue weighted by Crippen LogP contribution is -2.39. The lowest BCUT2D eigenvalue weighted by Gasteiger charge is -2.28. The van der Waals surface area contributed by atoms with Crippen LogP contribution in [0.2, 0.25) is 0 Å². The maximum absolute atomic E-state index is 11.7. The van der Waals surface area contributed by atoms with Gasteiger partial charge in [0.15, 0.2) is 0 Å². The van der Waals surface area contributed by atoms with Gasteiger partial charge in [0.05, 0.1) is 0 Å². The van der Waals surface area contributed by atoms with Crippen LogP contribution in [0.15, 0.2) is 0 Å². The summed E-state index contributed by atoms with van der Waals surface area (Å²) in [7, 11) is 0. The molecular weight excluding hydrogens is 242 g/mol. The lowest BCUT2D eigenvalue weighted by molar-refractivity contribution is -0.132. The highest BCUT2D eigenvalue weighted by Gasteiger charge is 2.16. The van der Waals surface area contributed by atoms with E-state index in [1.807, 2.05) is 4.90 Å². The van der Waals surface area contributed by atoms with E-state index in [9.17, 15) is 4.79 Å². The Bertz CT molecular complexity index is 161. The van der Waals surface area contributed by atoms with Crippen LogP contribution in [0.25, 0.3) is 0 Å². The molecular formula is C11H22BrNO. The van der Waals surface area contributed by atoms with Crippen LogP contribution in [-0.4, -0.2) is 28.7 Å². The monoisotopic (exact) mass is 263 g/mol. The van der Waals surface area contributed by atoms with Gasteiger partial charge in [-0.2, -0.15) is 0 Å². The molecule has 0 aromatic rings. The molecule has 0 saturated heterocycles. The van der Waals surface area contributed by atoms with Crippen LogP contribution >= 0.6 is 15.9 Å². The van der Waals surface area contributed by atoms with Crippen LogP contribution in [0.5, 0.6) is 0 Å². The second kappa shape index (κ2) is 8.27. The van der Waals surface area contributed by atoms with Crippen molar-refractivity contribution in [3.8, 4) is 0 Å². The van der Waals surface area contributed by atoms with Crippen LogP contribution in [0, 0.1) is 0 Å². The maximum atomic E-state index is 11.7. The Morgan fingerprint density at radius 1 is 1.43 bits per heavy atom. The zero-order valence-corrected chi connectivity index (χ0v) is 11.1. The van der Waals surface area contributed by atoms with Gasteiger partial charge in [0, 0.05) is 24.3 Å². The minimum atomic E-state index is 0.282. The third kappa shape index (κ3) is 4.99. The first-order valence-electron chi connectivity index (χ1n) is 5.52. The maximum Gasteiger partial charge on any atom is 0.223 e. The molecule has 1 amide bonds. The highest BCUT2D eigenvalue weighted by atomic mass is 79.9. The van der Waals surface area contributed by atoms with E-state index in [0.29, 0.717) is 12.5 Å². The average molecular weight is 264 g/mol. The van der Waals surface area contributed by atoms with Gasteiger partial charge in [-0.25, -0.2) is 0 Å². The van der Waals surface area contributed by atoms with Crippen LogP contribution in [-0.2, 0) is 4.79 Å². The standard InChI is InChI=1S/C11H22BrNO/c1-4-6-9-13(10(3)5-2)11(14)7-8-12/h10H,4-9H2,1-3H3. The van der Waals surface area contributed by atoms with E-state index in [1.54, 1.807) is 0 Å². The molecule has 0 aliphatic rings. The van der Waals surface area contributed by atoms with Crippen molar-refractivity contribution in [2.45, 2.75) is 52.5 Å². The van der Waals surface area contributed by atoms with Gasteiger partial charge < -0.3 is 4.90 Å². The minimum absolute atomic E-state index is 0.282. The van der Waals surface area contributed by atoms with Crippen molar-refractivity contribution in [1.29, 1.82) is 0 Å². The van der Waals surface area contributed by atoms with Crippen LogP contribution in [0.3, 0.4) is 0 Å². The van der Waals surface area contributed by atoms with Crippen molar-refractivity contribution in [2.24, 2.45) is 0 Å². The summed E-state index contributed by atoms with van der Waals surface area (Å²) in [5.74, 6) is 0.282. The smallest absolute Gasteiger partial charge is 0.223 e. The highest BCUT2D eigenvalue weighted by molar-refractivity contribution is 9.09. The number of hydrogen-bond acceptors (Lipinski definition) is 1. The highest BCUT2D eigenvalue weighted by Crippen LogP contribution is 2.08. The number of carbonyl (C=O) groups excluding carboxylic acids is 1. The molecule has 0 aromatic carbocycles. The number of nitrogens with zero attached hydrogens (tertiary/aromatic N) is 1. The molecule has 0 N–H and O–H groups in total. The number of halogens is 1. The Labute approximate surface area is 96.2 Å². The third-order valence-electron chi connectivity index (χ3n) is 2.50. The lowest BCUT2D eigenvalue weighted by atomic mass is 10.2. The summed E-state index contributed by atoms with van der Waals surface area (Å²) in [5.41, 5.74) is 0. The van der Waals surface area contributed by atoms with Gasteiger partial charge in [-0.15, -0.1) is 0 Å². The fraction of sp³-hybridized carbons (Fsp3) is 0.909. The molecule has 2 nitrogen and oxygen atoms in total. The Morgan fingerprint density at radius 2 is 2.07 bits per heavy atom. The van der Waals surface area contributed by atoms with Crippen molar-refractivity contribution in [3.63, 3.8) is 0 Å². The summed E-state index contributed by atoms with van der Waals surface area (Å²) in [6.45, 7) is 7.33. The van der Waals surface area contributed by atoms with Gasteiger partial charge in [0.25, 0.3) is 0 Å². The third-order valence-corrected chi connectivity index (χ3v) is 2.90. The molecule has 0 aliphatic carbocycles. The minimum Gasteiger partial charge on any atom is -0.340 e. The zero-order chi connectivity index (χ0) is 11.0.